The van der Waals surface area contributed by atoms with Gasteiger partial charge in [-0.2, -0.15) is 5.10 Å². The molecule has 0 radical (unpaired) electrons. The van der Waals surface area contributed by atoms with Crippen LogP contribution in [0.2, 0.25) is 0 Å². The predicted octanol–water partition coefficient (Wildman–Crippen LogP) is 3.20. The maximum Gasteiger partial charge on any atom is 0.280 e. The van der Waals surface area contributed by atoms with Crippen molar-refractivity contribution in [1.29, 1.82) is 0 Å². The molecule has 1 aliphatic rings. The molecule has 2 heterocycles. The summed E-state index contributed by atoms with van der Waals surface area (Å²) in [5.74, 6) is 0.681. The van der Waals surface area contributed by atoms with E-state index in [0.717, 1.165) is 17.9 Å². The van der Waals surface area contributed by atoms with Gasteiger partial charge < -0.3 is 0 Å². The van der Waals surface area contributed by atoms with Crippen molar-refractivity contribution in [1.82, 2.24) is 14.7 Å². The van der Waals surface area contributed by atoms with Gasteiger partial charge in [-0.3, -0.25) is 14.5 Å². The predicted molar refractivity (Wildman–Crippen MR) is 109 cm³/mol. The van der Waals surface area contributed by atoms with Gasteiger partial charge in [-0.1, -0.05) is 48.2 Å². The van der Waals surface area contributed by atoms with Crippen LogP contribution in [-0.2, 0) is 7.05 Å². The summed E-state index contributed by atoms with van der Waals surface area (Å²) in [6.07, 6.45) is 0.883. The first-order valence-electron chi connectivity index (χ1n) is 8.69. The fraction of sp³-hybridized carbons (Fsp3) is 0.200. The summed E-state index contributed by atoms with van der Waals surface area (Å²) in [4.78, 5) is 32.0. The Hall–Kier alpha value is -2.93. The first-order valence-corrected chi connectivity index (χ1v) is 9.68. The van der Waals surface area contributed by atoms with Gasteiger partial charge in [0, 0.05) is 24.7 Å². The maximum absolute atomic E-state index is 13.3. The molecule has 1 fully saturated rings. The SMILES string of the molecule is Cn1nc(C(=O)N2CCCSC2=Nc2ccccc2)c2ccccc2c1=O. The van der Waals surface area contributed by atoms with E-state index in [1.807, 2.05) is 36.4 Å². The van der Waals surface area contributed by atoms with Crippen LogP contribution in [0.4, 0.5) is 5.69 Å². The van der Waals surface area contributed by atoms with E-state index in [4.69, 9.17) is 0 Å². The Morgan fingerprint density at radius 2 is 1.78 bits per heavy atom. The second-order valence-corrected chi connectivity index (χ2v) is 7.27. The van der Waals surface area contributed by atoms with E-state index in [-0.39, 0.29) is 17.2 Å². The third-order valence-corrected chi connectivity index (χ3v) is 5.44. The molecule has 136 valence electrons. The Balaban J connectivity index is 1.79. The number of thioether (sulfide) groups is 1. The van der Waals surface area contributed by atoms with Crippen LogP contribution in [0.1, 0.15) is 16.9 Å². The summed E-state index contributed by atoms with van der Waals surface area (Å²) in [5.41, 5.74) is 0.863. The highest BCUT2D eigenvalue weighted by Gasteiger charge is 2.28. The Kier molecular flexibility index (Phi) is 4.77. The molecule has 3 aromatic rings. The number of hydrogen-bond donors (Lipinski definition) is 0. The van der Waals surface area contributed by atoms with Crippen molar-refractivity contribution >= 4 is 39.3 Å². The van der Waals surface area contributed by atoms with E-state index in [2.05, 4.69) is 10.1 Å². The molecule has 0 spiro atoms. The number of aromatic nitrogens is 2. The number of aliphatic imine (C=N–C) groups is 1. The summed E-state index contributed by atoms with van der Waals surface area (Å²) >= 11 is 1.56. The molecule has 0 saturated carbocycles. The second-order valence-electron chi connectivity index (χ2n) is 6.21. The van der Waals surface area contributed by atoms with Crippen molar-refractivity contribution in [2.45, 2.75) is 6.42 Å². The molecule has 6 nitrogen and oxygen atoms in total. The molecule has 1 aliphatic heterocycles. The number of nitrogens with zero attached hydrogens (tertiary/aromatic N) is 4. The van der Waals surface area contributed by atoms with E-state index in [1.165, 1.54) is 4.68 Å². The number of hydrogen-bond acceptors (Lipinski definition) is 5. The number of amides is 1. The minimum absolute atomic E-state index is 0.214. The Morgan fingerprint density at radius 3 is 2.56 bits per heavy atom. The molecule has 0 bridgehead atoms. The zero-order chi connectivity index (χ0) is 18.8. The largest absolute Gasteiger partial charge is 0.286 e. The number of fused-ring (bicyclic) bond motifs is 1. The normalized spacial score (nSPS) is 16.0. The zero-order valence-corrected chi connectivity index (χ0v) is 15.6. The van der Waals surface area contributed by atoms with Gasteiger partial charge in [0.1, 0.15) is 0 Å². The van der Waals surface area contributed by atoms with E-state index in [1.54, 1.807) is 41.9 Å². The molecule has 0 N–H and O–H groups in total. The lowest BCUT2D eigenvalue weighted by molar-refractivity contribution is 0.0843. The summed E-state index contributed by atoms with van der Waals surface area (Å²) in [6, 6.07) is 16.7. The Labute approximate surface area is 160 Å². The van der Waals surface area contributed by atoms with E-state index in [0.29, 0.717) is 22.5 Å². The number of carbonyl (C=O) groups excluding carboxylic acids is 1. The lowest BCUT2D eigenvalue weighted by Crippen LogP contribution is -2.40. The first kappa shape index (κ1) is 17.5. The van der Waals surface area contributed by atoms with Gasteiger partial charge in [0.25, 0.3) is 11.5 Å². The highest BCUT2D eigenvalue weighted by molar-refractivity contribution is 8.13. The molecule has 0 unspecified atom stereocenters. The van der Waals surface area contributed by atoms with Crippen LogP contribution in [0, 0.1) is 0 Å². The lowest BCUT2D eigenvalue weighted by Gasteiger charge is -2.27. The van der Waals surface area contributed by atoms with Crippen molar-refractivity contribution in [2.24, 2.45) is 12.0 Å². The Morgan fingerprint density at radius 1 is 1.07 bits per heavy atom. The summed E-state index contributed by atoms with van der Waals surface area (Å²) in [5, 5.41) is 5.99. The van der Waals surface area contributed by atoms with Crippen LogP contribution in [0.15, 0.2) is 64.4 Å². The third-order valence-electron chi connectivity index (χ3n) is 4.37. The summed E-state index contributed by atoms with van der Waals surface area (Å²) in [7, 11) is 1.56. The number of carbonyl (C=O) groups is 1. The molecule has 4 rings (SSSR count). The van der Waals surface area contributed by atoms with Crippen molar-refractivity contribution < 1.29 is 4.79 Å². The van der Waals surface area contributed by atoms with Crippen LogP contribution in [0.5, 0.6) is 0 Å². The van der Waals surface area contributed by atoms with Gasteiger partial charge in [-0.25, -0.2) is 9.67 Å². The van der Waals surface area contributed by atoms with Gasteiger partial charge in [-0.05, 0) is 24.6 Å². The summed E-state index contributed by atoms with van der Waals surface area (Å²) < 4.78 is 1.22. The van der Waals surface area contributed by atoms with Gasteiger partial charge in [0.15, 0.2) is 10.9 Å². The van der Waals surface area contributed by atoms with Crippen molar-refractivity contribution in [3.05, 3.63) is 70.6 Å². The molecule has 7 heteroatoms. The minimum Gasteiger partial charge on any atom is -0.286 e. The molecule has 1 aromatic heterocycles. The van der Waals surface area contributed by atoms with Crippen LogP contribution in [0.3, 0.4) is 0 Å². The standard InChI is InChI=1S/C20H18N4O2S/c1-23-18(25)16-11-6-5-10-15(16)17(22-23)19(26)24-12-7-13-27-20(24)21-14-8-3-2-4-9-14/h2-6,8-11H,7,12-13H2,1H3. The zero-order valence-electron chi connectivity index (χ0n) is 14.8. The Bertz CT molecular complexity index is 1090. The molecule has 0 atom stereocenters. The van der Waals surface area contributed by atoms with Crippen LogP contribution >= 0.6 is 11.8 Å². The smallest absolute Gasteiger partial charge is 0.280 e. The molecule has 1 amide bonds. The van der Waals surface area contributed by atoms with E-state index >= 15 is 0 Å². The first-order chi connectivity index (χ1) is 13.1. The highest BCUT2D eigenvalue weighted by Crippen LogP contribution is 2.25. The fourth-order valence-electron chi connectivity index (χ4n) is 3.04. The van der Waals surface area contributed by atoms with E-state index in [9.17, 15) is 9.59 Å². The van der Waals surface area contributed by atoms with Gasteiger partial charge in [-0.15, -0.1) is 0 Å². The number of amidine groups is 1. The van der Waals surface area contributed by atoms with Crippen LogP contribution in [0.25, 0.3) is 10.8 Å². The molecule has 2 aromatic carbocycles. The molecule has 1 saturated heterocycles. The van der Waals surface area contributed by atoms with Crippen LogP contribution < -0.4 is 5.56 Å². The third kappa shape index (κ3) is 3.38. The number of rotatable bonds is 2. The number of para-hydroxylation sites is 1. The molecule has 0 aliphatic carbocycles. The molecule has 27 heavy (non-hydrogen) atoms. The average molecular weight is 378 g/mol. The molecular weight excluding hydrogens is 360 g/mol. The molecular formula is C20H18N4O2S. The van der Waals surface area contributed by atoms with Gasteiger partial charge in [0.2, 0.25) is 0 Å². The van der Waals surface area contributed by atoms with Crippen molar-refractivity contribution in [3.63, 3.8) is 0 Å². The minimum atomic E-state index is -0.233. The van der Waals surface area contributed by atoms with Gasteiger partial charge in [0.05, 0.1) is 11.1 Å². The van der Waals surface area contributed by atoms with Crippen LogP contribution in [-0.4, -0.2) is 38.1 Å². The lowest BCUT2D eigenvalue weighted by atomic mass is 10.1. The van der Waals surface area contributed by atoms with Gasteiger partial charge >= 0.3 is 0 Å². The topological polar surface area (TPSA) is 67.6 Å². The monoisotopic (exact) mass is 378 g/mol. The number of aryl methyl sites for hydroxylation is 1. The average Bonchev–Trinajstić information content (AvgIpc) is 2.71. The second kappa shape index (κ2) is 7.36. The van der Waals surface area contributed by atoms with Crippen molar-refractivity contribution in [2.75, 3.05) is 12.3 Å². The highest BCUT2D eigenvalue weighted by atomic mass is 32.2. The van der Waals surface area contributed by atoms with Crippen molar-refractivity contribution in [3.8, 4) is 0 Å². The fourth-order valence-corrected chi connectivity index (χ4v) is 4.00. The number of benzene rings is 2. The quantitative estimate of drug-likeness (QED) is 0.687. The maximum atomic E-state index is 13.3. The summed E-state index contributed by atoms with van der Waals surface area (Å²) in [6.45, 7) is 0.580. The van der Waals surface area contributed by atoms with E-state index < -0.39 is 0 Å².